The van der Waals surface area contributed by atoms with Gasteiger partial charge in [0, 0.05) is 5.57 Å². The van der Waals surface area contributed by atoms with Crippen molar-refractivity contribution in [3.63, 3.8) is 0 Å². The summed E-state index contributed by atoms with van der Waals surface area (Å²) in [5, 5.41) is 18.1. The van der Waals surface area contributed by atoms with Gasteiger partial charge in [-0.05, 0) is 19.3 Å². The van der Waals surface area contributed by atoms with Crippen LogP contribution in [0.2, 0.25) is 0 Å². The maximum absolute atomic E-state index is 10.4. The predicted octanol–water partition coefficient (Wildman–Crippen LogP) is 2.74. The van der Waals surface area contributed by atoms with Gasteiger partial charge in [-0.3, -0.25) is 0 Å². The third-order valence-corrected chi connectivity index (χ3v) is 2.47. The number of unbranched alkanes of at least 4 members (excludes halogenated alkanes) is 3. The highest BCUT2D eigenvalue weighted by molar-refractivity contribution is 5.85. The summed E-state index contributed by atoms with van der Waals surface area (Å²) in [4.78, 5) is 10.4. The molecule has 0 saturated carbocycles. The maximum Gasteiger partial charge on any atom is 0.330 e. The summed E-state index contributed by atoms with van der Waals surface area (Å²) in [5.74, 6) is -0.965. The Kier molecular flexibility index (Phi) is 8.01. The van der Waals surface area contributed by atoms with E-state index in [0.717, 1.165) is 19.3 Å². The van der Waals surface area contributed by atoms with Crippen LogP contribution in [0.4, 0.5) is 0 Å². The maximum atomic E-state index is 10.4. The first-order chi connectivity index (χ1) is 7.07. The molecule has 0 rings (SSSR count). The first kappa shape index (κ1) is 14.2. The van der Waals surface area contributed by atoms with Gasteiger partial charge in [0.1, 0.15) is 0 Å². The van der Waals surface area contributed by atoms with E-state index in [1.165, 1.54) is 12.8 Å². The molecule has 3 nitrogen and oxygen atoms in total. The predicted molar refractivity (Wildman–Crippen MR) is 60.8 cm³/mol. The van der Waals surface area contributed by atoms with Gasteiger partial charge in [-0.2, -0.15) is 0 Å². The minimum absolute atomic E-state index is 0.183. The lowest BCUT2D eigenvalue weighted by Crippen LogP contribution is -2.08. The van der Waals surface area contributed by atoms with Gasteiger partial charge in [-0.1, -0.05) is 39.2 Å². The van der Waals surface area contributed by atoms with Crippen molar-refractivity contribution in [1.29, 1.82) is 0 Å². The molecule has 0 fully saturated rings. The van der Waals surface area contributed by atoms with E-state index >= 15 is 0 Å². The molecular formula is C12H22O3. The van der Waals surface area contributed by atoms with Crippen molar-refractivity contribution in [2.75, 3.05) is 0 Å². The third kappa shape index (κ3) is 8.18. The summed E-state index contributed by atoms with van der Waals surface area (Å²) < 4.78 is 0. The van der Waals surface area contributed by atoms with Crippen LogP contribution >= 0.6 is 0 Å². The number of rotatable bonds is 9. The third-order valence-electron chi connectivity index (χ3n) is 2.47. The molecule has 15 heavy (non-hydrogen) atoms. The zero-order valence-corrected chi connectivity index (χ0v) is 9.54. The Balaban J connectivity index is 3.44. The van der Waals surface area contributed by atoms with Crippen molar-refractivity contribution >= 4 is 5.97 Å². The first-order valence-corrected chi connectivity index (χ1v) is 5.67. The van der Waals surface area contributed by atoms with E-state index in [-0.39, 0.29) is 11.7 Å². The summed E-state index contributed by atoms with van der Waals surface area (Å²) in [6.07, 6.45) is 5.84. The summed E-state index contributed by atoms with van der Waals surface area (Å²) in [5.41, 5.74) is 0.183. The molecule has 0 aromatic heterocycles. The van der Waals surface area contributed by atoms with Crippen LogP contribution in [0.5, 0.6) is 0 Å². The van der Waals surface area contributed by atoms with Crippen LogP contribution in [0.3, 0.4) is 0 Å². The number of aliphatic hydroxyl groups excluding tert-OH is 1. The summed E-state index contributed by atoms with van der Waals surface area (Å²) >= 11 is 0. The molecule has 1 unspecified atom stereocenters. The second-order valence-electron chi connectivity index (χ2n) is 3.95. The van der Waals surface area contributed by atoms with Gasteiger partial charge >= 0.3 is 5.97 Å². The molecule has 0 amide bonds. The fourth-order valence-electron chi connectivity index (χ4n) is 1.40. The molecule has 88 valence electrons. The number of aliphatic hydroxyl groups is 1. The minimum Gasteiger partial charge on any atom is -0.478 e. The van der Waals surface area contributed by atoms with Crippen LogP contribution in [0.25, 0.3) is 0 Å². The average Bonchev–Trinajstić information content (AvgIpc) is 2.20. The number of carbonyl (C=O) groups is 1. The SMILES string of the molecule is C=C(CCC(O)CCCCCC)C(=O)O. The minimum atomic E-state index is -0.965. The molecule has 0 aromatic carbocycles. The van der Waals surface area contributed by atoms with E-state index in [2.05, 4.69) is 13.5 Å². The molecular weight excluding hydrogens is 192 g/mol. The van der Waals surface area contributed by atoms with Gasteiger partial charge < -0.3 is 10.2 Å². The van der Waals surface area contributed by atoms with E-state index in [9.17, 15) is 9.90 Å². The quantitative estimate of drug-likeness (QED) is 0.458. The normalized spacial score (nSPS) is 12.4. The Morgan fingerprint density at radius 3 is 2.47 bits per heavy atom. The first-order valence-electron chi connectivity index (χ1n) is 5.67. The van der Waals surface area contributed by atoms with E-state index < -0.39 is 5.97 Å². The number of carboxylic acid groups (broad SMARTS) is 1. The van der Waals surface area contributed by atoms with Gasteiger partial charge in [0.15, 0.2) is 0 Å². The van der Waals surface area contributed by atoms with Gasteiger partial charge in [0.05, 0.1) is 6.10 Å². The zero-order valence-electron chi connectivity index (χ0n) is 9.54. The lowest BCUT2D eigenvalue weighted by atomic mass is 10.0. The smallest absolute Gasteiger partial charge is 0.330 e. The number of hydrogen-bond donors (Lipinski definition) is 2. The molecule has 0 aliphatic heterocycles. The topological polar surface area (TPSA) is 57.5 Å². The molecule has 0 heterocycles. The Bertz CT molecular complexity index is 199. The lowest BCUT2D eigenvalue weighted by Gasteiger charge is -2.09. The Morgan fingerprint density at radius 2 is 1.93 bits per heavy atom. The van der Waals surface area contributed by atoms with Gasteiger partial charge in [-0.25, -0.2) is 4.79 Å². The Labute approximate surface area is 91.8 Å². The highest BCUT2D eigenvalue weighted by Crippen LogP contribution is 2.12. The molecule has 0 spiro atoms. The Morgan fingerprint density at radius 1 is 1.27 bits per heavy atom. The molecule has 0 aliphatic carbocycles. The molecule has 0 aliphatic rings. The fraction of sp³-hybridized carbons (Fsp3) is 0.750. The van der Waals surface area contributed by atoms with Crippen LogP contribution in [0.15, 0.2) is 12.2 Å². The molecule has 1 atom stereocenters. The molecule has 0 aromatic rings. The van der Waals surface area contributed by atoms with E-state index in [4.69, 9.17) is 5.11 Å². The standard InChI is InChI=1S/C12H22O3/c1-3-4-5-6-7-11(13)9-8-10(2)12(14)15/h11,13H,2-9H2,1H3,(H,14,15). The average molecular weight is 214 g/mol. The summed E-state index contributed by atoms with van der Waals surface area (Å²) in [6.45, 7) is 5.57. The molecule has 0 radical (unpaired) electrons. The highest BCUT2D eigenvalue weighted by Gasteiger charge is 2.08. The summed E-state index contributed by atoms with van der Waals surface area (Å²) in [6, 6.07) is 0. The molecule has 0 bridgehead atoms. The second-order valence-corrected chi connectivity index (χ2v) is 3.95. The largest absolute Gasteiger partial charge is 0.478 e. The second kappa shape index (κ2) is 8.48. The van der Waals surface area contributed by atoms with Crippen molar-refractivity contribution in [2.45, 2.75) is 58.0 Å². The van der Waals surface area contributed by atoms with Crippen molar-refractivity contribution in [3.05, 3.63) is 12.2 Å². The molecule has 3 heteroatoms. The Hall–Kier alpha value is -0.830. The van der Waals surface area contributed by atoms with Crippen LogP contribution in [-0.2, 0) is 4.79 Å². The van der Waals surface area contributed by atoms with Crippen molar-refractivity contribution in [1.82, 2.24) is 0 Å². The number of hydrogen-bond acceptors (Lipinski definition) is 2. The van der Waals surface area contributed by atoms with Crippen LogP contribution < -0.4 is 0 Å². The molecule has 2 N–H and O–H groups in total. The van der Waals surface area contributed by atoms with Crippen molar-refractivity contribution < 1.29 is 15.0 Å². The van der Waals surface area contributed by atoms with Gasteiger partial charge in [-0.15, -0.1) is 0 Å². The fourth-order valence-corrected chi connectivity index (χ4v) is 1.40. The van der Waals surface area contributed by atoms with E-state index in [0.29, 0.717) is 12.8 Å². The van der Waals surface area contributed by atoms with Crippen molar-refractivity contribution in [3.8, 4) is 0 Å². The van der Waals surface area contributed by atoms with Crippen LogP contribution in [0, 0.1) is 0 Å². The van der Waals surface area contributed by atoms with Crippen molar-refractivity contribution in [2.24, 2.45) is 0 Å². The summed E-state index contributed by atoms with van der Waals surface area (Å²) in [7, 11) is 0. The van der Waals surface area contributed by atoms with Crippen LogP contribution in [-0.4, -0.2) is 22.3 Å². The number of aliphatic carboxylic acids is 1. The van der Waals surface area contributed by atoms with Gasteiger partial charge in [0.25, 0.3) is 0 Å². The van der Waals surface area contributed by atoms with E-state index in [1.54, 1.807) is 0 Å². The number of carboxylic acids is 1. The highest BCUT2D eigenvalue weighted by atomic mass is 16.4. The lowest BCUT2D eigenvalue weighted by molar-refractivity contribution is -0.132. The van der Waals surface area contributed by atoms with E-state index in [1.807, 2.05) is 0 Å². The van der Waals surface area contributed by atoms with Gasteiger partial charge in [0.2, 0.25) is 0 Å². The zero-order chi connectivity index (χ0) is 11.7. The monoisotopic (exact) mass is 214 g/mol. The molecule has 0 saturated heterocycles. The van der Waals surface area contributed by atoms with Crippen LogP contribution in [0.1, 0.15) is 51.9 Å².